The minimum atomic E-state index is -0.724. The van der Waals surface area contributed by atoms with Gasteiger partial charge in [0.15, 0.2) is 0 Å². The Morgan fingerprint density at radius 3 is 2.70 bits per heavy atom. The average Bonchev–Trinajstić information content (AvgIpc) is 2.91. The topological polar surface area (TPSA) is 94.4 Å². The van der Waals surface area contributed by atoms with Gasteiger partial charge in [-0.25, -0.2) is 0 Å². The van der Waals surface area contributed by atoms with Gasteiger partial charge >= 0.3 is 0 Å². The summed E-state index contributed by atoms with van der Waals surface area (Å²) in [5, 5.41) is 13.6. The maximum atomic E-state index is 9.51. The molecule has 2 rings (SSSR count). The monoisotopic (exact) mass is 283 g/mol. The van der Waals surface area contributed by atoms with E-state index in [-0.39, 0.29) is 5.89 Å². The summed E-state index contributed by atoms with van der Waals surface area (Å²) in [7, 11) is 0. The zero-order valence-electron chi connectivity index (χ0n) is 12.5. The third kappa shape index (κ3) is 3.02. The van der Waals surface area contributed by atoms with E-state index in [9.17, 15) is 5.11 Å². The standard InChI is InChI=1S/C14H25N3O3/c1-4-19-14(7-5-9(2)6-8-14)13-16-12(20-17-13)11(15)10(3)18/h9-11,18H,4-8,15H2,1-3H3. The first-order chi connectivity index (χ1) is 9.48. The molecular formula is C14H25N3O3. The number of ether oxygens (including phenoxy) is 1. The molecule has 1 aliphatic rings. The highest BCUT2D eigenvalue weighted by Crippen LogP contribution is 2.41. The van der Waals surface area contributed by atoms with Crippen LogP contribution in [0, 0.1) is 5.92 Å². The Bertz CT molecular complexity index is 425. The highest BCUT2D eigenvalue weighted by Gasteiger charge is 2.41. The Labute approximate surface area is 119 Å². The molecule has 6 nitrogen and oxygen atoms in total. The lowest BCUT2D eigenvalue weighted by molar-refractivity contribution is -0.0847. The van der Waals surface area contributed by atoms with Crippen LogP contribution in [0.5, 0.6) is 0 Å². The summed E-state index contributed by atoms with van der Waals surface area (Å²) < 4.78 is 11.2. The van der Waals surface area contributed by atoms with Crippen LogP contribution < -0.4 is 5.73 Å². The summed E-state index contributed by atoms with van der Waals surface area (Å²) in [5.74, 6) is 1.54. The van der Waals surface area contributed by atoms with Crippen LogP contribution >= 0.6 is 0 Å². The molecule has 1 saturated carbocycles. The highest BCUT2D eigenvalue weighted by molar-refractivity contribution is 5.05. The van der Waals surface area contributed by atoms with Crippen LogP contribution in [-0.4, -0.2) is 28.0 Å². The predicted molar refractivity (Wildman–Crippen MR) is 73.8 cm³/mol. The van der Waals surface area contributed by atoms with Crippen LogP contribution in [0.15, 0.2) is 4.52 Å². The van der Waals surface area contributed by atoms with Crippen molar-refractivity contribution in [2.75, 3.05) is 6.61 Å². The molecule has 0 bridgehead atoms. The molecule has 20 heavy (non-hydrogen) atoms. The maximum Gasteiger partial charge on any atom is 0.246 e. The van der Waals surface area contributed by atoms with Gasteiger partial charge in [-0.15, -0.1) is 0 Å². The largest absolute Gasteiger partial charge is 0.391 e. The quantitative estimate of drug-likeness (QED) is 0.857. The van der Waals surface area contributed by atoms with E-state index in [1.807, 2.05) is 6.92 Å². The fourth-order valence-electron chi connectivity index (χ4n) is 2.70. The van der Waals surface area contributed by atoms with E-state index in [1.165, 1.54) is 0 Å². The van der Waals surface area contributed by atoms with Crippen LogP contribution in [0.2, 0.25) is 0 Å². The molecule has 0 aromatic carbocycles. The minimum Gasteiger partial charge on any atom is -0.391 e. The van der Waals surface area contributed by atoms with Gasteiger partial charge in [0.1, 0.15) is 11.6 Å². The van der Waals surface area contributed by atoms with Crippen molar-refractivity contribution in [1.82, 2.24) is 10.1 Å². The maximum absolute atomic E-state index is 9.51. The molecule has 1 heterocycles. The molecule has 0 aliphatic heterocycles. The molecule has 2 atom stereocenters. The van der Waals surface area contributed by atoms with Crippen LogP contribution in [0.1, 0.15) is 64.2 Å². The highest BCUT2D eigenvalue weighted by atomic mass is 16.5. The number of nitrogens with zero attached hydrogens (tertiary/aromatic N) is 2. The molecule has 2 unspecified atom stereocenters. The molecule has 114 valence electrons. The van der Waals surface area contributed by atoms with Crippen molar-refractivity contribution in [3.63, 3.8) is 0 Å². The first-order valence-corrected chi connectivity index (χ1v) is 7.40. The summed E-state index contributed by atoms with van der Waals surface area (Å²) in [4.78, 5) is 4.38. The second-order valence-electron chi connectivity index (χ2n) is 5.83. The number of rotatable bonds is 5. The van der Waals surface area contributed by atoms with E-state index in [2.05, 4.69) is 17.1 Å². The summed E-state index contributed by atoms with van der Waals surface area (Å²) in [6.45, 7) is 6.44. The fraction of sp³-hybridized carbons (Fsp3) is 0.857. The molecule has 1 fully saturated rings. The van der Waals surface area contributed by atoms with Crippen molar-refractivity contribution in [3.05, 3.63) is 11.7 Å². The molecule has 1 aliphatic carbocycles. The van der Waals surface area contributed by atoms with Crippen molar-refractivity contribution >= 4 is 0 Å². The van der Waals surface area contributed by atoms with Gasteiger partial charge in [-0.05, 0) is 45.4 Å². The van der Waals surface area contributed by atoms with E-state index in [0.717, 1.165) is 25.7 Å². The van der Waals surface area contributed by atoms with Gasteiger partial charge in [-0.3, -0.25) is 0 Å². The number of nitrogens with two attached hydrogens (primary N) is 1. The molecule has 1 aromatic heterocycles. The van der Waals surface area contributed by atoms with Gasteiger partial charge in [-0.2, -0.15) is 4.98 Å². The fourth-order valence-corrected chi connectivity index (χ4v) is 2.70. The Morgan fingerprint density at radius 2 is 2.15 bits per heavy atom. The number of hydrogen-bond acceptors (Lipinski definition) is 6. The van der Waals surface area contributed by atoms with Crippen molar-refractivity contribution in [3.8, 4) is 0 Å². The molecule has 0 spiro atoms. The van der Waals surface area contributed by atoms with Gasteiger partial charge in [0.25, 0.3) is 0 Å². The Balaban J connectivity index is 2.22. The van der Waals surface area contributed by atoms with Gasteiger partial charge in [0.2, 0.25) is 11.7 Å². The van der Waals surface area contributed by atoms with Crippen LogP contribution in [0.4, 0.5) is 0 Å². The summed E-state index contributed by atoms with van der Waals surface area (Å²) in [5.41, 5.74) is 5.38. The second-order valence-corrected chi connectivity index (χ2v) is 5.83. The van der Waals surface area contributed by atoms with E-state index < -0.39 is 17.7 Å². The molecule has 3 N–H and O–H groups in total. The van der Waals surface area contributed by atoms with Crippen molar-refractivity contribution in [1.29, 1.82) is 0 Å². The zero-order valence-corrected chi connectivity index (χ0v) is 12.5. The van der Waals surface area contributed by atoms with Gasteiger partial charge in [0, 0.05) is 6.61 Å². The first-order valence-electron chi connectivity index (χ1n) is 7.40. The van der Waals surface area contributed by atoms with Crippen molar-refractivity contribution in [2.45, 2.75) is 64.2 Å². The van der Waals surface area contributed by atoms with Gasteiger partial charge < -0.3 is 20.1 Å². The van der Waals surface area contributed by atoms with Gasteiger partial charge in [-0.1, -0.05) is 12.1 Å². The van der Waals surface area contributed by atoms with Gasteiger partial charge in [0.05, 0.1) is 6.10 Å². The number of aromatic nitrogens is 2. The zero-order chi connectivity index (χ0) is 14.8. The summed E-state index contributed by atoms with van der Waals surface area (Å²) in [6.07, 6.45) is 3.24. The minimum absolute atomic E-state index is 0.271. The first kappa shape index (κ1) is 15.4. The normalized spacial score (nSPS) is 30.1. The SMILES string of the molecule is CCOC1(c2noc(C(N)C(C)O)n2)CCC(C)CC1. The van der Waals surface area contributed by atoms with E-state index in [0.29, 0.717) is 18.3 Å². The van der Waals surface area contributed by atoms with Crippen LogP contribution in [0.25, 0.3) is 0 Å². The van der Waals surface area contributed by atoms with E-state index >= 15 is 0 Å². The van der Waals surface area contributed by atoms with Crippen LogP contribution in [0.3, 0.4) is 0 Å². The average molecular weight is 283 g/mol. The van der Waals surface area contributed by atoms with Crippen molar-refractivity contribution < 1.29 is 14.4 Å². The van der Waals surface area contributed by atoms with Crippen molar-refractivity contribution in [2.24, 2.45) is 11.7 Å². The van der Waals surface area contributed by atoms with E-state index in [1.54, 1.807) is 6.92 Å². The number of aliphatic hydroxyl groups is 1. The van der Waals surface area contributed by atoms with E-state index in [4.69, 9.17) is 15.0 Å². The Hall–Kier alpha value is -0.980. The molecular weight excluding hydrogens is 258 g/mol. The lowest BCUT2D eigenvalue weighted by Crippen LogP contribution is -2.35. The summed E-state index contributed by atoms with van der Waals surface area (Å²) >= 11 is 0. The smallest absolute Gasteiger partial charge is 0.246 e. The van der Waals surface area contributed by atoms with Crippen LogP contribution in [-0.2, 0) is 10.3 Å². The third-order valence-electron chi connectivity index (χ3n) is 4.16. The molecule has 0 radical (unpaired) electrons. The second kappa shape index (κ2) is 6.20. The summed E-state index contributed by atoms with van der Waals surface area (Å²) in [6, 6.07) is -0.655. The molecule has 0 saturated heterocycles. The number of hydrogen-bond donors (Lipinski definition) is 2. The predicted octanol–water partition coefficient (Wildman–Crippen LogP) is 1.89. The number of aliphatic hydroxyl groups excluding tert-OH is 1. The Kier molecular flexibility index (Phi) is 4.78. The lowest BCUT2D eigenvalue weighted by Gasteiger charge is -2.36. The molecule has 6 heteroatoms. The molecule has 1 aromatic rings. The Morgan fingerprint density at radius 1 is 1.50 bits per heavy atom. The molecule has 0 amide bonds. The third-order valence-corrected chi connectivity index (χ3v) is 4.16. The lowest BCUT2D eigenvalue weighted by atomic mass is 9.79.